The van der Waals surface area contributed by atoms with Gasteiger partial charge in [0.15, 0.2) is 0 Å². The van der Waals surface area contributed by atoms with E-state index in [4.69, 9.17) is 0 Å². The molecule has 3 N–H and O–H groups in total. The predicted molar refractivity (Wildman–Crippen MR) is 63.3 cm³/mol. The quantitative estimate of drug-likeness (QED) is 0.707. The minimum Gasteiger partial charge on any atom is -0.359 e. The second-order valence-electron chi connectivity index (χ2n) is 4.09. The van der Waals surface area contributed by atoms with Crippen LogP contribution < -0.4 is 10.6 Å². The number of benzene rings is 1. The van der Waals surface area contributed by atoms with Crippen LogP contribution >= 0.6 is 0 Å². The Morgan fingerprint density at radius 2 is 2.12 bits per heavy atom. The van der Waals surface area contributed by atoms with E-state index in [1.54, 1.807) is 0 Å². The second-order valence-corrected chi connectivity index (χ2v) is 4.09. The third-order valence-corrected chi connectivity index (χ3v) is 3.00. The molecule has 0 radical (unpaired) electrons. The second kappa shape index (κ2) is 3.64. The van der Waals surface area contributed by atoms with Gasteiger partial charge in [-0.15, -0.1) is 0 Å². The third-order valence-electron chi connectivity index (χ3n) is 3.00. The molecule has 1 aliphatic rings. The molecule has 1 aliphatic heterocycles. The summed E-state index contributed by atoms with van der Waals surface area (Å²) in [6.45, 7) is 1.57. The van der Waals surface area contributed by atoms with Crippen LogP contribution in [0, 0.1) is 5.92 Å². The summed E-state index contributed by atoms with van der Waals surface area (Å²) in [5.41, 5.74) is 1.91. The first-order valence-corrected chi connectivity index (χ1v) is 5.42. The third kappa shape index (κ3) is 1.47. The van der Waals surface area contributed by atoms with Crippen LogP contribution in [0.1, 0.15) is 0 Å². The zero-order valence-electron chi connectivity index (χ0n) is 8.79. The summed E-state index contributed by atoms with van der Waals surface area (Å²) in [5, 5.41) is 7.11. The van der Waals surface area contributed by atoms with Crippen LogP contribution in [0.2, 0.25) is 0 Å². The maximum absolute atomic E-state index is 11.8. The van der Waals surface area contributed by atoms with Crippen molar-refractivity contribution < 1.29 is 4.79 Å². The molecule has 0 spiro atoms. The lowest BCUT2D eigenvalue weighted by Crippen LogP contribution is -2.48. The molecule has 16 heavy (non-hydrogen) atoms. The first-order valence-electron chi connectivity index (χ1n) is 5.42. The lowest BCUT2D eigenvalue weighted by molar-refractivity contribution is -0.121. The van der Waals surface area contributed by atoms with E-state index < -0.39 is 0 Å². The van der Waals surface area contributed by atoms with Crippen molar-refractivity contribution in [2.45, 2.75) is 0 Å². The highest BCUT2D eigenvalue weighted by Gasteiger charge is 2.25. The van der Waals surface area contributed by atoms with Gasteiger partial charge in [0.05, 0.1) is 11.6 Å². The molecule has 82 valence electrons. The number of H-pyrrole nitrogens is 1. The van der Waals surface area contributed by atoms with E-state index in [0.29, 0.717) is 0 Å². The Labute approximate surface area is 93.0 Å². The van der Waals surface area contributed by atoms with Crippen molar-refractivity contribution in [3.63, 3.8) is 0 Å². The Hall–Kier alpha value is -1.81. The van der Waals surface area contributed by atoms with Gasteiger partial charge in [-0.3, -0.25) is 4.79 Å². The molecule has 1 aromatic heterocycles. The van der Waals surface area contributed by atoms with Crippen molar-refractivity contribution in [3.05, 3.63) is 30.5 Å². The summed E-state index contributed by atoms with van der Waals surface area (Å²) in [5.74, 6) is 0.220. The number of fused-ring (bicyclic) bond motifs is 1. The molecule has 1 amide bonds. The molecule has 2 heterocycles. The van der Waals surface area contributed by atoms with Crippen LogP contribution in [0.3, 0.4) is 0 Å². The van der Waals surface area contributed by atoms with Gasteiger partial charge in [0.2, 0.25) is 5.91 Å². The molecule has 3 rings (SSSR count). The fraction of sp³-hybridized carbons (Fsp3) is 0.250. The van der Waals surface area contributed by atoms with E-state index in [1.807, 2.05) is 30.5 Å². The van der Waals surface area contributed by atoms with E-state index >= 15 is 0 Å². The van der Waals surface area contributed by atoms with Gasteiger partial charge in [-0.25, -0.2) is 0 Å². The number of aromatic amines is 1. The summed E-state index contributed by atoms with van der Waals surface area (Å²) in [6, 6.07) is 7.94. The molecule has 1 fully saturated rings. The van der Waals surface area contributed by atoms with Crippen molar-refractivity contribution in [2.75, 3.05) is 18.4 Å². The molecule has 0 aliphatic carbocycles. The number of carbonyl (C=O) groups excluding carboxylic acids is 1. The van der Waals surface area contributed by atoms with Crippen molar-refractivity contribution in [1.82, 2.24) is 10.3 Å². The lowest BCUT2D eigenvalue weighted by atomic mass is 10.0. The van der Waals surface area contributed by atoms with Crippen LogP contribution in [-0.4, -0.2) is 24.0 Å². The number of amides is 1. The van der Waals surface area contributed by atoms with E-state index in [9.17, 15) is 4.79 Å². The number of nitrogens with one attached hydrogen (secondary N) is 3. The number of para-hydroxylation sites is 1. The SMILES string of the molecule is O=C(Nc1c[nH]c2ccccc12)C1CNC1. The minimum absolute atomic E-state index is 0.100. The Bertz CT molecular complexity index is 528. The van der Waals surface area contributed by atoms with Crippen LogP contribution in [0.25, 0.3) is 10.9 Å². The van der Waals surface area contributed by atoms with Gasteiger partial charge in [0.25, 0.3) is 0 Å². The highest BCUT2D eigenvalue weighted by molar-refractivity contribution is 6.02. The van der Waals surface area contributed by atoms with Gasteiger partial charge < -0.3 is 15.6 Å². The zero-order chi connectivity index (χ0) is 11.0. The molecule has 0 unspecified atom stereocenters. The minimum atomic E-state index is 0.100. The fourth-order valence-corrected chi connectivity index (χ4v) is 1.88. The molecule has 1 saturated heterocycles. The van der Waals surface area contributed by atoms with Crippen molar-refractivity contribution in [2.24, 2.45) is 5.92 Å². The summed E-state index contributed by atoms with van der Waals surface area (Å²) >= 11 is 0. The van der Waals surface area contributed by atoms with E-state index in [1.165, 1.54) is 0 Å². The first-order chi connectivity index (χ1) is 7.84. The number of anilines is 1. The predicted octanol–water partition coefficient (Wildman–Crippen LogP) is 1.33. The molecule has 4 nitrogen and oxygen atoms in total. The van der Waals surface area contributed by atoms with Crippen molar-refractivity contribution in [3.8, 4) is 0 Å². The van der Waals surface area contributed by atoms with Gasteiger partial charge in [0.1, 0.15) is 0 Å². The normalized spacial score (nSPS) is 16.0. The number of hydrogen-bond donors (Lipinski definition) is 3. The molecule has 4 heteroatoms. The fourth-order valence-electron chi connectivity index (χ4n) is 1.88. The standard InChI is InChI=1S/C12H13N3O/c16-12(8-5-13-6-8)15-11-7-14-10-4-2-1-3-9(10)11/h1-4,7-8,13-14H,5-6H2,(H,15,16). The molecule has 1 aromatic carbocycles. The zero-order valence-corrected chi connectivity index (χ0v) is 8.79. The number of carbonyl (C=O) groups is 1. The molecule has 0 atom stereocenters. The summed E-state index contributed by atoms with van der Waals surface area (Å²) in [4.78, 5) is 14.9. The smallest absolute Gasteiger partial charge is 0.230 e. The topological polar surface area (TPSA) is 56.9 Å². The Morgan fingerprint density at radius 1 is 1.31 bits per heavy atom. The highest BCUT2D eigenvalue weighted by Crippen LogP contribution is 2.23. The van der Waals surface area contributed by atoms with Crippen LogP contribution in [0.5, 0.6) is 0 Å². The van der Waals surface area contributed by atoms with Crippen LogP contribution in [0.4, 0.5) is 5.69 Å². The van der Waals surface area contributed by atoms with Crippen molar-refractivity contribution >= 4 is 22.5 Å². The Balaban J connectivity index is 1.86. The van der Waals surface area contributed by atoms with E-state index in [-0.39, 0.29) is 11.8 Å². The molecular weight excluding hydrogens is 202 g/mol. The molecule has 0 bridgehead atoms. The maximum Gasteiger partial charge on any atom is 0.230 e. The van der Waals surface area contributed by atoms with Crippen LogP contribution in [-0.2, 0) is 4.79 Å². The molecule has 2 aromatic rings. The van der Waals surface area contributed by atoms with E-state index in [0.717, 1.165) is 29.7 Å². The average Bonchev–Trinajstić information content (AvgIpc) is 2.59. The maximum atomic E-state index is 11.8. The Morgan fingerprint density at radius 3 is 2.88 bits per heavy atom. The van der Waals surface area contributed by atoms with Gasteiger partial charge in [0, 0.05) is 30.2 Å². The number of aromatic nitrogens is 1. The van der Waals surface area contributed by atoms with Crippen molar-refractivity contribution in [1.29, 1.82) is 0 Å². The first kappa shape index (κ1) is 9.42. The van der Waals surface area contributed by atoms with Gasteiger partial charge >= 0.3 is 0 Å². The Kier molecular flexibility index (Phi) is 2.15. The summed E-state index contributed by atoms with van der Waals surface area (Å²) in [7, 11) is 0. The van der Waals surface area contributed by atoms with E-state index in [2.05, 4.69) is 15.6 Å². The lowest BCUT2D eigenvalue weighted by Gasteiger charge is -2.25. The summed E-state index contributed by atoms with van der Waals surface area (Å²) in [6.07, 6.45) is 1.84. The van der Waals surface area contributed by atoms with Crippen LogP contribution in [0.15, 0.2) is 30.5 Å². The molecule has 0 saturated carbocycles. The number of hydrogen-bond acceptors (Lipinski definition) is 2. The summed E-state index contributed by atoms with van der Waals surface area (Å²) < 4.78 is 0. The molecular formula is C12H13N3O. The van der Waals surface area contributed by atoms with Gasteiger partial charge in [-0.1, -0.05) is 18.2 Å². The monoisotopic (exact) mass is 215 g/mol. The van der Waals surface area contributed by atoms with Gasteiger partial charge in [-0.2, -0.15) is 0 Å². The highest BCUT2D eigenvalue weighted by atomic mass is 16.2. The largest absolute Gasteiger partial charge is 0.359 e. The average molecular weight is 215 g/mol. The van der Waals surface area contributed by atoms with Gasteiger partial charge in [-0.05, 0) is 6.07 Å². The number of rotatable bonds is 2.